The van der Waals surface area contributed by atoms with Gasteiger partial charge < -0.3 is 4.79 Å². The Morgan fingerprint density at radius 3 is 2.61 bits per heavy atom. The standard InChI is InChI=1S/C15H26O2S/c1-5-7-13(15(2,3)18-4)14(17)12-9-6-8-11(12)10-16/h10-13H,5-9H2,1-4H3. The minimum absolute atomic E-state index is 0.00882. The van der Waals surface area contributed by atoms with Gasteiger partial charge in [0.1, 0.15) is 12.1 Å². The molecule has 104 valence electrons. The fourth-order valence-corrected chi connectivity index (χ4v) is 3.55. The lowest BCUT2D eigenvalue weighted by atomic mass is 9.78. The molecule has 0 aromatic rings. The Kier molecular flexibility index (Phi) is 5.90. The molecule has 0 aliphatic heterocycles. The summed E-state index contributed by atoms with van der Waals surface area (Å²) < 4.78 is -0.0247. The Balaban J connectivity index is 2.85. The van der Waals surface area contributed by atoms with Crippen molar-refractivity contribution in [3.8, 4) is 0 Å². The van der Waals surface area contributed by atoms with E-state index >= 15 is 0 Å². The van der Waals surface area contributed by atoms with Crippen LogP contribution in [0.5, 0.6) is 0 Å². The Labute approximate surface area is 115 Å². The lowest BCUT2D eigenvalue weighted by Crippen LogP contribution is -2.38. The number of Topliss-reactive ketones (excluding diaryl/α,β-unsaturated/α-hetero) is 1. The molecule has 0 amide bonds. The van der Waals surface area contributed by atoms with Gasteiger partial charge in [0.2, 0.25) is 0 Å². The van der Waals surface area contributed by atoms with E-state index in [0.29, 0.717) is 5.78 Å². The fourth-order valence-electron chi connectivity index (χ4n) is 3.03. The molecule has 0 aromatic carbocycles. The smallest absolute Gasteiger partial charge is 0.141 e. The van der Waals surface area contributed by atoms with Gasteiger partial charge in [-0.25, -0.2) is 0 Å². The first kappa shape index (κ1) is 15.7. The molecular formula is C15H26O2S. The van der Waals surface area contributed by atoms with Crippen LogP contribution in [0.25, 0.3) is 0 Å². The van der Waals surface area contributed by atoms with Crippen LogP contribution in [0.3, 0.4) is 0 Å². The molecule has 3 unspecified atom stereocenters. The van der Waals surface area contributed by atoms with Gasteiger partial charge in [0.25, 0.3) is 0 Å². The van der Waals surface area contributed by atoms with Gasteiger partial charge in [0.05, 0.1) is 0 Å². The predicted octanol–water partition coefficient (Wildman–Crippen LogP) is 3.73. The minimum Gasteiger partial charge on any atom is -0.303 e. The van der Waals surface area contributed by atoms with Crippen molar-refractivity contribution in [3.63, 3.8) is 0 Å². The molecule has 3 heteroatoms. The lowest BCUT2D eigenvalue weighted by Gasteiger charge is -2.34. The fraction of sp³-hybridized carbons (Fsp3) is 0.867. The molecule has 0 spiro atoms. The number of thioether (sulfide) groups is 1. The maximum atomic E-state index is 12.7. The normalized spacial score (nSPS) is 26.0. The van der Waals surface area contributed by atoms with Crippen molar-refractivity contribution in [2.45, 2.75) is 57.6 Å². The number of hydrogen-bond donors (Lipinski definition) is 0. The zero-order valence-corrected chi connectivity index (χ0v) is 12.9. The van der Waals surface area contributed by atoms with E-state index in [1.165, 1.54) is 0 Å². The predicted molar refractivity (Wildman–Crippen MR) is 77.9 cm³/mol. The molecule has 0 N–H and O–H groups in total. The van der Waals surface area contributed by atoms with E-state index in [-0.39, 0.29) is 22.5 Å². The van der Waals surface area contributed by atoms with Crippen LogP contribution >= 0.6 is 11.8 Å². The third kappa shape index (κ3) is 3.37. The molecule has 1 rings (SSSR count). The highest BCUT2D eigenvalue weighted by Crippen LogP contribution is 2.40. The number of hydrogen-bond acceptors (Lipinski definition) is 3. The second kappa shape index (κ2) is 6.74. The molecule has 2 nitrogen and oxygen atoms in total. The third-order valence-electron chi connectivity index (χ3n) is 4.40. The van der Waals surface area contributed by atoms with Gasteiger partial charge in [-0.2, -0.15) is 11.8 Å². The Hall–Kier alpha value is -0.310. The van der Waals surface area contributed by atoms with Crippen LogP contribution < -0.4 is 0 Å². The average Bonchev–Trinajstić information content (AvgIpc) is 2.83. The molecule has 0 radical (unpaired) electrons. The van der Waals surface area contributed by atoms with E-state index in [1.807, 2.05) is 0 Å². The van der Waals surface area contributed by atoms with E-state index < -0.39 is 0 Å². The molecule has 1 aliphatic carbocycles. The van der Waals surface area contributed by atoms with Gasteiger partial charge in [0.15, 0.2) is 0 Å². The maximum Gasteiger partial charge on any atom is 0.141 e. The van der Waals surface area contributed by atoms with E-state index in [4.69, 9.17) is 0 Å². The molecule has 0 heterocycles. The zero-order valence-electron chi connectivity index (χ0n) is 12.1. The summed E-state index contributed by atoms with van der Waals surface area (Å²) in [5, 5.41) is 0. The summed E-state index contributed by atoms with van der Waals surface area (Å²) in [5.41, 5.74) is 0. The van der Waals surface area contributed by atoms with Crippen molar-refractivity contribution in [1.29, 1.82) is 0 Å². The average molecular weight is 270 g/mol. The van der Waals surface area contributed by atoms with E-state index in [1.54, 1.807) is 11.8 Å². The van der Waals surface area contributed by atoms with Crippen molar-refractivity contribution in [1.82, 2.24) is 0 Å². The molecule has 1 fully saturated rings. The summed E-state index contributed by atoms with van der Waals surface area (Å²) in [6, 6.07) is 0. The zero-order chi connectivity index (χ0) is 13.8. The van der Waals surface area contributed by atoms with Crippen molar-refractivity contribution in [3.05, 3.63) is 0 Å². The summed E-state index contributed by atoms with van der Waals surface area (Å²) in [4.78, 5) is 23.8. The highest BCUT2D eigenvalue weighted by Gasteiger charge is 2.41. The van der Waals surface area contributed by atoms with Gasteiger partial charge in [-0.05, 0) is 25.5 Å². The number of carbonyl (C=O) groups is 2. The number of aldehydes is 1. The van der Waals surface area contributed by atoms with Crippen molar-refractivity contribution in [2.24, 2.45) is 17.8 Å². The van der Waals surface area contributed by atoms with Crippen LogP contribution in [-0.4, -0.2) is 23.1 Å². The molecule has 3 atom stereocenters. The van der Waals surface area contributed by atoms with Crippen LogP contribution in [0.15, 0.2) is 0 Å². The van der Waals surface area contributed by atoms with E-state index in [2.05, 4.69) is 27.0 Å². The van der Waals surface area contributed by atoms with Gasteiger partial charge in [0, 0.05) is 22.5 Å². The molecule has 18 heavy (non-hydrogen) atoms. The van der Waals surface area contributed by atoms with Crippen molar-refractivity contribution in [2.75, 3.05) is 6.26 Å². The lowest BCUT2D eigenvalue weighted by molar-refractivity contribution is -0.131. The summed E-state index contributed by atoms with van der Waals surface area (Å²) in [5.74, 6) is 0.397. The second-order valence-corrected chi connectivity index (χ2v) is 7.35. The van der Waals surface area contributed by atoms with Crippen LogP contribution in [0, 0.1) is 17.8 Å². The third-order valence-corrected chi connectivity index (χ3v) is 5.73. The van der Waals surface area contributed by atoms with Gasteiger partial charge in [-0.1, -0.05) is 33.6 Å². The SMILES string of the molecule is CCCC(C(=O)C1CCCC1C=O)C(C)(C)SC. The second-order valence-electron chi connectivity index (χ2n) is 5.89. The van der Waals surface area contributed by atoms with Crippen LogP contribution in [0.1, 0.15) is 52.9 Å². The molecule has 0 aromatic heterocycles. The Morgan fingerprint density at radius 2 is 2.11 bits per heavy atom. The summed E-state index contributed by atoms with van der Waals surface area (Å²) in [6.45, 7) is 6.43. The summed E-state index contributed by atoms with van der Waals surface area (Å²) >= 11 is 1.76. The first-order valence-electron chi connectivity index (χ1n) is 7.02. The van der Waals surface area contributed by atoms with E-state index in [9.17, 15) is 9.59 Å². The highest BCUT2D eigenvalue weighted by molar-refractivity contribution is 8.00. The van der Waals surface area contributed by atoms with Crippen LogP contribution in [0.4, 0.5) is 0 Å². The summed E-state index contributed by atoms with van der Waals surface area (Å²) in [7, 11) is 0. The monoisotopic (exact) mass is 270 g/mol. The Morgan fingerprint density at radius 1 is 1.44 bits per heavy atom. The van der Waals surface area contributed by atoms with Gasteiger partial charge >= 0.3 is 0 Å². The number of rotatable bonds is 7. The first-order valence-corrected chi connectivity index (χ1v) is 8.24. The summed E-state index contributed by atoms with van der Waals surface area (Å²) in [6.07, 6.45) is 7.88. The minimum atomic E-state index is -0.0247. The highest BCUT2D eigenvalue weighted by atomic mass is 32.2. The Bertz CT molecular complexity index is 299. The largest absolute Gasteiger partial charge is 0.303 e. The van der Waals surface area contributed by atoms with Crippen LogP contribution in [0.2, 0.25) is 0 Å². The molecule has 1 saturated carbocycles. The van der Waals surface area contributed by atoms with Gasteiger partial charge in [-0.15, -0.1) is 0 Å². The van der Waals surface area contributed by atoms with Crippen molar-refractivity contribution < 1.29 is 9.59 Å². The first-order chi connectivity index (χ1) is 8.47. The van der Waals surface area contributed by atoms with Crippen LogP contribution in [-0.2, 0) is 9.59 Å². The van der Waals surface area contributed by atoms with Gasteiger partial charge in [-0.3, -0.25) is 4.79 Å². The topological polar surface area (TPSA) is 34.1 Å². The van der Waals surface area contributed by atoms with E-state index in [0.717, 1.165) is 38.4 Å². The molecule has 0 bridgehead atoms. The quantitative estimate of drug-likeness (QED) is 0.661. The molecule has 0 saturated heterocycles. The molecule has 1 aliphatic rings. The van der Waals surface area contributed by atoms with Crippen molar-refractivity contribution >= 4 is 23.8 Å². The maximum absolute atomic E-state index is 12.7. The molecular weight excluding hydrogens is 244 g/mol. The number of carbonyl (C=O) groups excluding carboxylic acids is 2. The number of ketones is 1.